The Labute approximate surface area is 102 Å². The Balaban J connectivity index is 2.97. The molecule has 0 bridgehead atoms. The van der Waals surface area contributed by atoms with Crippen LogP contribution in [0.25, 0.3) is 10.9 Å². The lowest BCUT2D eigenvalue weighted by molar-refractivity contribution is 1.04. The minimum Gasteiger partial charge on any atom is -0.149 e. The first-order chi connectivity index (χ1) is 6.20. The van der Waals surface area contributed by atoms with Crippen molar-refractivity contribution >= 4 is 61.0 Å². The molecule has 0 saturated heterocycles. The summed E-state index contributed by atoms with van der Waals surface area (Å²) in [5.74, 6) is 0. The minimum atomic E-state index is 0.651. The molecule has 0 fully saturated rings. The second-order valence-corrected chi connectivity index (χ2v) is 4.69. The van der Waals surface area contributed by atoms with Crippen molar-refractivity contribution < 1.29 is 0 Å². The zero-order valence-electron chi connectivity index (χ0n) is 6.26. The number of halogens is 3. The summed E-state index contributed by atoms with van der Waals surface area (Å²) in [5.41, 5.74) is 0.805. The lowest BCUT2D eigenvalue weighted by Gasteiger charge is -2.01. The lowest BCUT2D eigenvalue weighted by Crippen LogP contribution is -1.90. The molecule has 2 aromatic rings. The number of nitrogens with zero attached hydrogens (tertiary/aromatic N) is 2. The first-order valence-electron chi connectivity index (χ1n) is 3.46. The largest absolute Gasteiger partial charge is 0.149 e. The second kappa shape index (κ2) is 3.67. The molecule has 0 spiro atoms. The van der Waals surface area contributed by atoms with Gasteiger partial charge >= 0.3 is 0 Å². The summed E-state index contributed by atoms with van der Waals surface area (Å²) in [6.07, 6.45) is 0. The predicted octanol–water partition coefficient (Wildman–Crippen LogP) is 3.65. The van der Waals surface area contributed by atoms with Gasteiger partial charge in [-0.05, 0) is 34.7 Å². The van der Waals surface area contributed by atoms with Crippen LogP contribution in [0.15, 0.2) is 22.7 Å². The van der Waals surface area contributed by atoms with E-state index in [9.17, 15) is 0 Å². The van der Waals surface area contributed by atoms with Crippen molar-refractivity contribution in [3.05, 3.63) is 31.4 Å². The molecule has 1 aromatic heterocycles. The molecule has 1 heterocycles. The van der Waals surface area contributed by atoms with Gasteiger partial charge in [0.25, 0.3) is 0 Å². The summed E-state index contributed by atoms with van der Waals surface area (Å²) in [4.78, 5) is 0. The van der Waals surface area contributed by atoms with Crippen molar-refractivity contribution in [3.63, 3.8) is 0 Å². The van der Waals surface area contributed by atoms with E-state index in [1.165, 1.54) is 0 Å². The van der Waals surface area contributed by atoms with E-state index in [2.05, 4.69) is 48.7 Å². The molecule has 13 heavy (non-hydrogen) atoms. The highest BCUT2D eigenvalue weighted by Crippen LogP contribution is 2.30. The maximum Gasteiger partial charge on any atom is 0.143 e. The minimum absolute atomic E-state index is 0.651. The molecule has 0 atom stereocenters. The Morgan fingerprint density at radius 3 is 2.85 bits per heavy atom. The van der Waals surface area contributed by atoms with E-state index in [1.807, 2.05) is 18.2 Å². The van der Waals surface area contributed by atoms with Gasteiger partial charge < -0.3 is 0 Å². The normalized spacial score (nSPS) is 10.7. The Morgan fingerprint density at radius 2 is 2.08 bits per heavy atom. The molecule has 5 heteroatoms. The Morgan fingerprint density at radius 1 is 1.31 bits per heavy atom. The van der Waals surface area contributed by atoms with Gasteiger partial charge in [-0.25, -0.2) is 0 Å². The van der Waals surface area contributed by atoms with E-state index in [1.54, 1.807) is 0 Å². The van der Waals surface area contributed by atoms with Crippen LogP contribution in [0.2, 0.25) is 5.02 Å². The van der Waals surface area contributed by atoms with Crippen molar-refractivity contribution in [2.24, 2.45) is 0 Å². The number of benzene rings is 1. The van der Waals surface area contributed by atoms with Gasteiger partial charge in [0.2, 0.25) is 0 Å². The van der Waals surface area contributed by atoms with Crippen LogP contribution in [0.4, 0.5) is 0 Å². The zero-order valence-corrected chi connectivity index (χ0v) is 10.8. The van der Waals surface area contributed by atoms with Crippen LogP contribution in [0.3, 0.4) is 0 Å². The lowest BCUT2D eigenvalue weighted by atomic mass is 10.2. The van der Waals surface area contributed by atoms with Crippen molar-refractivity contribution in [1.29, 1.82) is 0 Å². The first-order valence-corrected chi connectivity index (χ1v) is 5.71. The Bertz CT molecular complexity index is 475. The van der Waals surface area contributed by atoms with Crippen LogP contribution in [-0.4, -0.2) is 10.2 Å². The quantitative estimate of drug-likeness (QED) is 0.663. The molecular formula is C8H3BrClIN2. The molecule has 0 amide bonds. The predicted molar refractivity (Wildman–Crippen MR) is 65.0 cm³/mol. The molecule has 0 aliphatic heterocycles. The highest BCUT2D eigenvalue weighted by molar-refractivity contribution is 14.1. The fourth-order valence-corrected chi connectivity index (χ4v) is 2.34. The monoisotopic (exact) mass is 368 g/mol. The van der Waals surface area contributed by atoms with Crippen LogP contribution in [0.1, 0.15) is 0 Å². The van der Waals surface area contributed by atoms with Gasteiger partial charge in [0, 0.05) is 9.86 Å². The number of rotatable bonds is 0. The van der Waals surface area contributed by atoms with Crippen molar-refractivity contribution in [1.82, 2.24) is 10.2 Å². The third-order valence-electron chi connectivity index (χ3n) is 1.64. The topological polar surface area (TPSA) is 25.8 Å². The summed E-state index contributed by atoms with van der Waals surface area (Å²) < 4.78 is 1.67. The van der Waals surface area contributed by atoms with Crippen LogP contribution < -0.4 is 0 Å². The molecular weight excluding hydrogens is 366 g/mol. The molecule has 1 aromatic carbocycles. The molecule has 2 nitrogen and oxygen atoms in total. The highest BCUT2D eigenvalue weighted by atomic mass is 127. The fourth-order valence-electron chi connectivity index (χ4n) is 1.06. The van der Waals surface area contributed by atoms with Gasteiger partial charge in [-0.2, -0.15) is 0 Å². The van der Waals surface area contributed by atoms with E-state index in [-0.39, 0.29) is 0 Å². The first kappa shape index (κ1) is 9.61. The molecule has 2 rings (SSSR count). The van der Waals surface area contributed by atoms with E-state index in [4.69, 9.17) is 11.6 Å². The van der Waals surface area contributed by atoms with Gasteiger partial charge in [-0.15, -0.1) is 10.2 Å². The number of hydrogen-bond donors (Lipinski definition) is 0. The molecule has 0 unspecified atom stereocenters. The molecule has 0 N–H and O–H groups in total. The average molecular weight is 369 g/mol. The summed E-state index contributed by atoms with van der Waals surface area (Å²) in [7, 11) is 0. The van der Waals surface area contributed by atoms with E-state index >= 15 is 0 Å². The zero-order chi connectivity index (χ0) is 9.42. The molecule has 0 aliphatic carbocycles. The molecule has 0 radical (unpaired) electrons. The van der Waals surface area contributed by atoms with E-state index < -0.39 is 0 Å². The third-order valence-corrected chi connectivity index (χ3v) is 3.74. The summed E-state index contributed by atoms with van der Waals surface area (Å²) in [6.45, 7) is 0. The van der Waals surface area contributed by atoms with Gasteiger partial charge in [0.15, 0.2) is 0 Å². The third kappa shape index (κ3) is 1.67. The van der Waals surface area contributed by atoms with E-state index in [0.29, 0.717) is 5.02 Å². The summed E-state index contributed by atoms with van der Waals surface area (Å²) in [6, 6.07) is 5.73. The van der Waals surface area contributed by atoms with Crippen LogP contribution in [0, 0.1) is 3.70 Å². The SMILES string of the molecule is Clc1c(I)nnc2cccc(Br)c12. The van der Waals surface area contributed by atoms with E-state index in [0.717, 1.165) is 19.1 Å². The van der Waals surface area contributed by atoms with Crippen molar-refractivity contribution in [2.45, 2.75) is 0 Å². The van der Waals surface area contributed by atoms with Gasteiger partial charge in [-0.1, -0.05) is 33.6 Å². The molecule has 0 aliphatic rings. The van der Waals surface area contributed by atoms with Crippen LogP contribution in [0.5, 0.6) is 0 Å². The van der Waals surface area contributed by atoms with Gasteiger partial charge in [0.05, 0.1) is 10.5 Å². The smallest absolute Gasteiger partial charge is 0.143 e. The fraction of sp³-hybridized carbons (Fsp3) is 0. The van der Waals surface area contributed by atoms with Crippen LogP contribution in [-0.2, 0) is 0 Å². The van der Waals surface area contributed by atoms with Gasteiger partial charge in [-0.3, -0.25) is 0 Å². The number of hydrogen-bond acceptors (Lipinski definition) is 2. The maximum atomic E-state index is 6.09. The van der Waals surface area contributed by atoms with Crippen molar-refractivity contribution in [3.8, 4) is 0 Å². The number of fused-ring (bicyclic) bond motifs is 1. The van der Waals surface area contributed by atoms with Gasteiger partial charge in [0.1, 0.15) is 3.70 Å². The standard InChI is InChI=1S/C8H3BrClIN2/c9-4-2-1-3-5-6(4)7(10)8(11)13-12-5/h1-3H. The molecule has 0 saturated carbocycles. The summed E-state index contributed by atoms with van der Waals surface area (Å²) >= 11 is 11.6. The Hall–Kier alpha value is 0.0600. The second-order valence-electron chi connectivity index (χ2n) is 2.44. The average Bonchev–Trinajstić information content (AvgIpc) is 2.12. The van der Waals surface area contributed by atoms with Crippen molar-refractivity contribution in [2.75, 3.05) is 0 Å². The number of aromatic nitrogens is 2. The maximum absolute atomic E-state index is 6.09. The van der Waals surface area contributed by atoms with Crippen LogP contribution >= 0.6 is 50.1 Å². The molecule has 66 valence electrons. The Kier molecular flexibility index (Phi) is 2.71. The summed E-state index contributed by atoms with van der Waals surface area (Å²) in [5, 5.41) is 9.53. The highest BCUT2D eigenvalue weighted by Gasteiger charge is 2.08.